The standard InChI is InChI=1S/C27H44N2O5/c1-6-7-14-28-26(32)29(19-27(3,4)5)15-16-33-22-12-9-13-23(17-22)34-18-21-11-8-10-20(2)24(21)25(30)31/h8,10-11,22-23H,6-7,9,12-19H2,1-5H3,(H,28,32)(H,30,31)/t22-,23+/m1/s1. The summed E-state index contributed by atoms with van der Waals surface area (Å²) in [5.41, 5.74) is 1.80. The number of aryl methyl sites for hydroxylation is 1. The highest BCUT2D eigenvalue weighted by molar-refractivity contribution is 5.91. The van der Waals surface area contributed by atoms with Crippen molar-refractivity contribution >= 4 is 12.0 Å². The maximum atomic E-state index is 12.6. The van der Waals surface area contributed by atoms with Crippen LogP contribution in [-0.2, 0) is 16.1 Å². The molecule has 0 unspecified atom stereocenters. The number of carbonyl (C=O) groups excluding carboxylic acids is 1. The summed E-state index contributed by atoms with van der Waals surface area (Å²) in [5.74, 6) is -0.917. The molecule has 192 valence electrons. The number of carboxylic acid groups (broad SMARTS) is 1. The molecule has 0 radical (unpaired) electrons. The van der Waals surface area contributed by atoms with Gasteiger partial charge in [0.05, 0.1) is 31.0 Å². The van der Waals surface area contributed by atoms with Crippen LogP contribution in [0.5, 0.6) is 0 Å². The molecule has 34 heavy (non-hydrogen) atoms. The first-order chi connectivity index (χ1) is 16.1. The number of benzene rings is 1. The molecular weight excluding hydrogens is 432 g/mol. The Morgan fingerprint density at radius 3 is 2.53 bits per heavy atom. The SMILES string of the molecule is CCCCNC(=O)N(CCO[C@@H]1CCC[C@H](OCc2cccc(C)c2C(=O)O)C1)CC(C)(C)C. The molecule has 2 N–H and O–H groups in total. The molecule has 0 saturated heterocycles. The fourth-order valence-electron chi connectivity index (χ4n) is 4.41. The fraction of sp³-hybridized carbons (Fsp3) is 0.704. The van der Waals surface area contributed by atoms with Crippen LogP contribution in [0.3, 0.4) is 0 Å². The van der Waals surface area contributed by atoms with Gasteiger partial charge < -0.3 is 24.8 Å². The number of carbonyl (C=O) groups is 2. The quantitative estimate of drug-likeness (QED) is 0.395. The van der Waals surface area contributed by atoms with Crippen molar-refractivity contribution in [3.63, 3.8) is 0 Å². The average Bonchev–Trinajstić information content (AvgIpc) is 2.76. The van der Waals surface area contributed by atoms with Gasteiger partial charge in [-0.1, -0.05) is 52.3 Å². The summed E-state index contributed by atoms with van der Waals surface area (Å²) in [6.07, 6.45) is 5.89. The van der Waals surface area contributed by atoms with Crippen LogP contribution in [0.1, 0.15) is 87.7 Å². The summed E-state index contributed by atoms with van der Waals surface area (Å²) in [6.45, 7) is 13.0. The van der Waals surface area contributed by atoms with Crippen LogP contribution >= 0.6 is 0 Å². The minimum Gasteiger partial charge on any atom is -0.478 e. The van der Waals surface area contributed by atoms with Gasteiger partial charge in [0.2, 0.25) is 0 Å². The molecule has 2 amide bonds. The van der Waals surface area contributed by atoms with E-state index >= 15 is 0 Å². The third-order valence-corrected chi connectivity index (χ3v) is 6.10. The molecule has 0 heterocycles. The van der Waals surface area contributed by atoms with Gasteiger partial charge in [-0.15, -0.1) is 0 Å². The van der Waals surface area contributed by atoms with Crippen LogP contribution in [0.2, 0.25) is 0 Å². The van der Waals surface area contributed by atoms with Crippen molar-refractivity contribution in [2.24, 2.45) is 5.41 Å². The molecule has 2 atom stereocenters. The number of unbranched alkanes of at least 4 members (excludes halogenated alkanes) is 1. The smallest absolute Gasteiger partial charge is 0.336 e. The molecule has 1 aromatic rings. The van der Waals surface area contributed by atoms with E-state index in [2.05, 4.69) is 33.0 Å². The van der Waals surface area contributed by atoms with E-state index in [9.17, 15) is 14.7 Å². The van der Waals surface area contributed by atoms with Gasteiger partial charge in [0.1, 0.15) is 0 Å². The van der Waals surface area contributed by atoms with Crippen LogP contribution < -0.4 is 5.32 Å². The normalized spacial score (nSPS) is 18.5. The van der Waals surface area contributed by atoms with Crippen molar-refractivity contribution in [1.82, 2.24) is 10.2 Å². The van der Waals surface area contributed by atoms with Crippen molar-refractivity contribution in [1.29, 1.82) is 0 Å². The minimum absolute atomic E-state index is 0.0104. The Kier molecular flexibility index (Phi) is 11.3. The number of nitrogens with zero attached hydrogens (tertiary/aromatic N) is 1. The van der Waals surface area contributed by atoms with Gasteiger partial charge in [0.25, 0.3) is 0 Å². The highest BCUT2D eigenvalue weighted by Crippen LogP contribution is 2.25. The Morgan fingerprint density at radius 1 is 1.18 bits per heavy atom. The van der Waals surface area contributed by atoms with Crippen molar-refractivity contribution in [2.45, 2.75) is 92.0 Å². The second-order valence-corrected chi connectivity index (χ2v) is 10.6. The molecule has 2 rings (SSSR count). The van der Waals surface area contributed by atoms with Crippen LogP contribution in [-0.4, -0.2) is 60.5 Å². The molecule has 0 aliphatic heterocycles. The summed E-state index contributed by atoms with van der Waals surface area (Å²) < 4.78 is 12.3. The van der Waals surface area contributed by atoms with Gasteiger partial charge in [0, 0.05) is 19.6 Å². The molecule has 1 fully saturated rings. The number of hydrogen-bond acceptors (Lipinski definition) is 4. The molecule has 1 aliphatic carbocycles. The second-order valence-electron chi connectivity index (χ2n) is 10.6. The van der Waals surface area contributed by atoms with E-state index in [0.717, 1.165) is 44.1 Å². The minimum atomic E-state index is -0.917. The molecule has 1 saturated carbocycles. The Balaban J connectivity index is 1.84. The molecule has 7 heteroatoms. The van der Waals surface area contributed by atoms with Gasteiger partial charge >= 0.3 is 12.0 Å². The Morgan fingerprint density at radius 2 is 1.88 bits per heavy atom. The highest BCUT2D eigenvalue weighted by Gasteiger charge is 2.25. The second kappa shape index (κ2) is 13.7. The number of rotatable bonds is 12. The van der Waals surface area contributed by atoms with Crippen LogP contribution in [0, 0.1) is 12.3 Å². The summed E-state index contributed by atoms with van der Waals surface area (Å²) in [4.78, 5) is 26.1. The maximum Gasteiger partial charge on any atom is 0.336 e. The zero-order valence-electron chi connectivity index (χ0n) is 21.7. The zero-order valence-corrected chi connectivity index (χ0v) is 21.7. The molecule has 0 aromatic heterocycles. The lowest BCUT2D eigenvalue weighted by atomic mass is 9.94. The van der Waals surface area contributed by atoms with Gasteiger partial charge in [-0.05, 0) is 55.6 Å². The molecule has 0 bridgehead atoms. The lowest BCUT2D eigenvalue weighted by molar-refractivity contribution is -0.0529. The number of amides is 2. The molecule has 1 aromatic carbocycles. The number of ether oxygens (including phenoxy) is 2. The van der Waals surface area contributed by atoms with E-state index in [0.29, 0.717) is 37.4 Å². The highest BCUT2D eigenvalue weighted by atomic mass is 16.5. The summed E-state index contributed by atoms with van der Waals surface area (Å²) >= 11 is 0. The van der Waals surface area contributed by atoms with Crippen molar-refractivity contribution in [2.75, 3.05) is 26.2 Å². The molecule has 1 aliphatic rings. The largest absolute Gasteiger partial charge is 0.478 e. The van der Waals surface area contributed by atoms with Crippen molar-refractivity contribution < 1.29 is 24.2 Å². The van der Waals surface area contributed by atoms with E-state index < -0.39 is 5.97 Å². The maximum absolute atomic E-state index is 12.6. The average molecular weight is 477 g/mol. The monoisotopic (exact) mass is 476 g/mol. The fourth-order valence-corrected chi connectivity index (χ4v) is 4.41. The topological polar surface area (TPSA) is 88.1 Å². The van der Waals surface area contributed by atoms with Gasteiger partial charge in [-0.3, -0.25) is 0 Å². The molecule has 0 spiro atoms. The van der Waals surface area contributed by atoms with E-state index in [1.54, 1.807) is 0 Å². The Hall–Kier alpha value is -2.12. The first-order valence-corrected chi connectivity index (χ1v) is 12.7. The first kappa shape index (κ1) is 28.1. The van der Waals surface area contributed by atoms with Gasteiger partial charge in [-0.2, -0.15) is 0 Å². The van der Waals surface area contributed by atoms with Crippen LogP contribution in [0.4, 0.5) is 4.79 Å². The summed E-state index contributed by atoms with van der Waals surface area (Å²) in [7, 11) is 0. The van der Waals surface area contributed by atoms with Crippen molar-refractivity contribution in [3.05, 3.63) is 34.9 Å². The third kappa shape index (κ3) is 9.63. The predicted octanol–water partition coefficient (Wildman–Crippen LogP) is 5.40. The van der Waals surface area contributed by atoms with Gasteiger partial charge in [0.15, 0.2) is 0 Å². The van der Waals surface area contributed by atoms with E-state index in [4.69, 9.17) is 9.47 Å². The van der Waals surface area contributed by atoms with E-state index in [-0.39, 0.29) is 30.3 Å². The van der Waals surface area contributed by atoms with Gasteiger partial charge in [-0.25, -0.2) is 9.59 Å². The molecule has 7 nitrogen and oxygen atoms in total. The first-order valence-electron chi connectivity index (χ1n) is 12.7. The lowest BCUT2D eigenvalue weighted by Gasteiger charge is -2.32. The number of carboxylic acids is 1. The van der Waals surface area contributed by atoms with Crippen molar-refractivity contribution in [3.8, 4) is 0 Å². The van der Waals surface area contributed by atoms with E-state index in [1.807, 2.05) is 30.0 Å². The zero-order chi connectivity index (χ0) is 25.1. The van der Waals surface area contributed by atoms with Crippen LogP contribution in [0.15, 0.2) is 18.2 Å². The van der Waals surface area contributed by atoms with E-state index in [1.165, 1.54) is 0 Å². The Labute approximate surface area is 205 Å². The number of aromatic carboxylic acids is 1. The number of nitrogens with one attached hydrogen (secondary N) is 1. The summed E-state index contributed by atoms with van der Waals surface area (Å²) in [5, 5.41) is 12.5. The number of urea groups is 1. The predicted molar refractivity (Wildman–Crippen MR) is 134 cm³/mol. The third-order valence-electron chi connectivity index (χ3n) is 6.10. The summed E-state index contributed by atoms with van der Waals surface area (Å²) in [6, 6.07) is 5.48. The lowest BCUT2D eigenvalue weighted by Crippen LogP contribution is -2.46. The van der Waals surface area contributed by atoms with Crippen LogP contribution in [0.25, 0.3) is 0 Å². The number of hydrogen-bond donors (Lipinski definition) is 2. The Bertz CT molecular complexity index is 790. The molecular formula is C27H44N2O5.